The molecule has 0 atom stereocenters. The Kier molecular flexibility index (Phi) is 4.40. The quantitative estimate of drug-likeness (QED) is 0.717. The van der Waals surface area contributed by atoms with Crippen molar-refractivity contribution in [3.63, 3.8) is 0 Å². The molecule has 0 radical (unpaired) electrons. The number of anilines is 2. The number of hydrogen-bond donors (Lipinski definition) is 1. The molecule has 1 aromatic heterocycles. The maximum Gasteiger partial charge on any atom is 0.332 e. The summed E-state index contributed by atoms with van der Waals surface area (Å²) in [7, 11) is 0. The zero-order valence-electron chi connectivity index (χ0n) is 14.2. The van der Waals surface area contributed by atoms with E-state index in [9.17, 15) is 9.59 Å². The number of carbonyl (C=O) groups excluding carboxylic acids is 2. The van der Waals surface area contributed by atoms with Crippen LogP contribution in [0.4, 0.5) is 16.2 Å². The number of urea groups is 1. The van der Waals surface area contributed by atoms with Gasteiger partial charge in [-0.3, -0.25) is 9.78 Å². The molecule has 3 amide bonds. The highest BCUT2D eigenvalue weighted by Crippen LogP contribution is 2.34. The molecular formula is C20H15N3O4. The van der Waals surface area contributed by atoms with Crippen molar-refractivity contribution in [1.29, 1.82) is 0 Å². The molecule has 0 fully saturated rings. The Morgan fingerprint density at radius 1 is 1.04 bits per heavy atom. The zero-order valence-corrected chi connectivity index (χ0v) is 14.2. The first-order valence-electron chi connectivity index (χ1n) is 8.21. The highest BCUT2D eigenvalue weighted by molar-refractivity contribution is 6.12. The van der Waals surface area contributed by atoms with Crippen molar-refractivity contribution in [2.75, 3.05) is 17.0 Å². The van der Waals surface area contributed by atoms with Crippen molar-refractivity contribution in [2.24, 2.45) is 0 Å². The van der Waals surface area contributed by atoms with E-state index in [2.05, 4.69) is 10.3 Å². The Bertz CT molecular complexity index is 992. The van der Waals surface area contributed by atoms with Gasteiger partial charge in [0.25, 0.3) is 0 Å². The molecule has 0 saturated heterocycles. The van der Waals surface area contributed by atoms with Gasteiger partial charge >= 0.3 is 6.03 Å². The number of imide groups is 1. The van der Waals surface area contributed by atoms with Crippen molar-refractivity contribution < 1.29 is 19.1 Å². The molecule has 7 heteroatoms. The molecule has 0 bridgehead atoms. The second kappa shape index (κ2) is 7.17. The number of hydrogen-bond acceptors (Lipinski definition) is 5. The lowest BCUT2D eigenvalue weighted by Crippen LogP contribution is -2.33. The Labute approximate surface area is 155 Å². The van der Waals surface area contributed by atoms with Crippen LogP contribution in [0.3, 0.4) is 0 Å². The first-order valence-corrected chi connectivity index (χ1v) is 8.21. The second-order valence-corrected chi connectivity index (χ2v) is 5.74. The molecule has 2 heterocycles. The number of pyridine rings is 1. The summed E-state index contributed by atoms with van der Waals surface area (Å²) in [5, 5.41) is 2.68. The molecule has 0 saturated carbocycles. The fourth-order valence-corrected chi connectivity index (χ4v) is 2.73. The van der Waals surface area contributed by atoms with Gasteiger partial charge in [-0.25, -0.2) is 9.69 Å². The summed E-state index contributed by atoms with van der Waals surface area (Å²) in [6.07, 6.45) is 2.16. The molecule has 4 rings (SSSR count). The summed E-state index contributed by atoms with van der Waals surface area (Å²) in [6.45, 7) is 0.146. The first-order chi connectivity index (χ1) is 13.2. The predicted molar refractivity (Wildman–Crippen MR) is 99.8 cm³/mol. The number of rotatable bonds is 4. The lowest BCUT2D eigenvalue weighted by atomic mass is 10.1. The van der Waals surface area contributed by atoms with Gasteiger partial charge in [0.05, 0.1) is 11.4 Å². The van der Waals surface area contributed by atoms with Gasteiger partial charge in [-0.05, 0) is 36.4 Å². The first kappa shape index (κ1) is 16.6. The van der Waals surface area contributed by atoms with Gasteiger partial charge in [0.15, 0.2) is 11.5 Å². The average molecular weight is 361 g/mol. The third-order valence-electron chi connectivity index (χ3n) is 4.03. The number of carbonyl (C=O) groups is 2. The Morgan fingerprint density at radius 2 is 1.93 bits per heavy atom. The van der Waals surface area contributed by atoms with Gasteiger partial charge in [-0.1, -0.05) is 18.2 Å². The van der Waals surface area contributed by atoms with E-state index in [1.807, 2.05) is 24.3 Å². The molecule has 0 spiro atoms. The molecule has 1 aliphatic rings. The summed E-state index contributed by atoms with van der Waals surface area (Å²) >= 11 is 0. The minimum absolute atomic E-state index is 0.146. The minimum Gasteiger partial charge on any atom is -0.454 e. The third-order valence-corrected chi connectivity index (χ3v) is 4.03. The molecule has 0 aliphatic carbocycles. The van der Waals surface area contributed by atoms with E-state index in [1.165, 1.54) is 0 Å². The number of aromatic nitrogens is 1. The van der Waals surface area contributed by atoms with Gasteiger partial charge < -0.3 is 14.8 Å². The summed E-state index contributed by atoms with van der Waals surface area (Å²) in [5.41, 5.74) is 2.49. The fourth-order valence-electron chi connectivity index (χ4n) is 2.73. The van der Waals surface area contributed by atoms with E-state index in [1.54, 1.807) is 42.6 Å². The predicted octanol–water partition coefficient (Wildman–Crippen LogP) is 3.67. The van der Waals surface area contributed by atoms with E-state index >= 15 is 0 Å². The lowest BCUT2D eigenvalue weighted by molar-refractivity contribution is -0.106. The van der Waals surface area contributed by atoms with Crippen LogP contribution in [0.2, 0.25) is 0 Å². The van der Waals surface area contributed by atoms with Crippen LogP contribution in [-0.2, 0) is 4.79 Å². The molecule has 3 aromatic rings. The smallest absolute Gasteiger partial charge is 0.332 e. The van der Waals surface area contributed by atoms with E-state index in [4.69, 9.17) is 9.47 Å². The number of ether oxygens (including phenoxy) is 2. The number of fused-ring (bicyclic) bond motifs is 1. The molecule has 27 heavy (non-hydrogen) atoms. The van der Waals surface area contributed by atoms with Crippen molar-refractivity contribution in [3.8, 4) is 22.8 Å². The van der Waals surface area contributed by atoms with E-state index < -0.39 is 6.03 Å². The minimum atomic E-state index is -0.581. The third kappa shape index (κ3) is 3.43. The monoisotopic (exact) mass is 361 g/mol. The van der Waals surface area contributed by atoms with Crippen LogP contribution in [0.5, 0.6) is 11.5 Å². The second-order valence-electron chi connectivity index (χ2n) is 5.74. The van der Waals surface area contributed by atoms with Crippen molar-refractivity contribution in [2.45, 2.75) is 0 Å². The number of nitrogens with zero attached hydrogens (tertiary/aromatic N) is 2. The number of nitrogens with one attached hydrogen (secondary N) is 1. The van der Waals surface area contributed by atoms with E-state index in [0.717, 1.165) is 16.2 Å². The van der Waals surface area contributed by atoms with Crippen molar-refractivity contribution >= 4 is 23.8 Å². The SMILES string of the molecule is O=CN(C(=O)Nc1ccc2c(c1)OCO2)c1cccc(-c2ccccn2)c1. The standard InChI is InChI=1S/C20H15N3O4/c24-12-23(16-5-3-4-14(10-16)17-6-1-2-9-21-17)20(25)22-15-7-8-18-19(11-15)27-13-26-18/h1-12H,13H2,(H,22,25). The summed E-state index contributed by atoms with van der Waals surface area (Å²) in [4.78, 5) is 29.4. The normalized spacial score (nSPS) is 11.7. The van der Waals surface area contributed by atoms with Crippen LogP contribution in [0.25, 0.3) is 11.3 Å². The van der Waals surface area contributed by atoms with Gasteiger partial charge in [-0.15, -0.1) is 0 Å². The van der Waals surface area contributed by atoms with Gasteiger partial charge in [0.1, 0.15) is 0 Å². The van der Waals surface area contributed by atoms with Crippen LogP contribution < -0.4 is 19.7 Å². The molecule has 134 valence electrons. The maximum atomic E-state index is 12.6. The van der Waals surface area contributed by atoms with Gasteiger partial charge in [0.2, 0.25) is 13.2 Å². The highest BCUT2D eigenvalue weighted by atomic mass is 16.7. The van der Waals surface area contributed by atoms with Crippen LogP contribution >= 0.6 is 0 Å². The summed E-state index contributed by atoms with van der Waals surface area (Å²) in [6, 6.07) is 17.0. The molecule has 0 unspecified atom stereocenters. The van der Waals surface area contributed by atoms with Crippen LogP contribution in [0.1, 0.15) is 0 Å². The fraction of sp³-hybridized carbons (Fsp3) is 0.0500. The maximum absolute atomic E-state index is 12.6. The Morgan fingerprint density at radius 3 is 2.74 bits per heavy atom. The highest BCUT2D eigenvalue weighted by Gasteiger charge is 2.18. The zero-order chi connectivity index (χ0) is 18.6. The van der Waals surface area contributed by atoms with Crippen molar-refractivity contribution in [1.82, 2.24) is 4.98 Å². The number of amides is 3. The van der Waals surface area contributed by atoms with Crippen molar-refractivity contribution in [3.05, 3.63) is 66.9 Å². The molecule has 2 aromatic carbocycles. The lowest BCUT2D eigenvalue weighted by Gasteiger charge is -2.17. The average Bonchev–Trinajstić information content (AvgIpc) is 3.17. The Hall–Kier alpha value is -3.87. The van der Waals surface area contributed by atoms with E-state index in [-0.39, 0.29) is 6.79 Å². The van der Waals surface area contributed by atoms with Crippen LogP contribution in [-0.4, -0.2) is 24.2 Å². The molecular weight excluding hydrogens is 346 g/mol. The molecule has 1 aliphatic heterocycles. The summed E-state index contributed by atoms with van der Waals surface area (Å²) in [5.74, 6) is 1.16. The Balaban J connectivity index is 1.56. The van der Waals surface area contributed by atoms with Gasteiger partial charge in [-0.2, -0.15) is 0 Å². The van der Waals surface area contributed by atoms with Gasteiger partial charge in [0, 0.05) is 23.5 Å². The van der Waals surface area contributed by atoms with Crippen LogP contribution in [0.15, 0.2) is 66.9 Å². The molecule has 7 nitrogen and oxygen atoms in total. The summed E-state index contributed by atoms with van der Waals surface area (Å²) < 4.78 is 10.5. The van der Waals surface area contributed by atoms with E-state index in [0.29, 0.717) is 29.3 Å². The largest absolute Gasteiger partial charge is 0.454 e. The number of benzene rings is 2. The van der Waals surface area contributed by atoms with Crippen LogP contribution in [0, 0.1) is 0 Å². The molecule has 1 N–H and O–H groups in total. The topological polar surface area (TPSA) is 80.8 Å².